The van der Waals surface area contributed by atoms with Crippen molar-refractivity contribution in [2.45, 2.75) is 49.8 Å². The van der Waals surface area contributed by atoms with Crippen molar-refractivity contribution >= 4 is 10.0 Å². The predicted octanol–water partition coefficient (Wildman–Crippen LogP) is 6.24. The molecule has 0 amide bonds. The van der Waals surface area contributed by atoms with Crippen molar-refractivity contribution in [3.63, 3.8) is 0 Å². The van der Waals surface area contributed by atoms with Crippen LogP contribution in [0.2, 0.25) is 0 Å². The maximum Gasteiger partial charge on any atom is 0.243 e. The Balaban J connectivity index is 1.44. The zero-order valence-corrected chi connectivity index (χ0v) is 21.2. The third-order valence-corrected chi connectivity index (χ3v) is 8.72. The van der Waals surface area contributed by atoms with Gasteiger partial charge in [0.2, 0.25) is 10.0 Å². The summed E-state index contributed by atoms with van der Waals surface area (Å²) in [6.45, 7) is 1.68. The van der Waals surface area contributed by atoms with Crippen LogP contribution in [-0.4, -0.2) is 12.7 Å². The number of benzene rings is 4. The van der Waals surface area contributed by atoms with Gasteiger partial charge in [-0.25, -0.2) is 8.42 Å². The fourth-order valence-electron chi connectivity index (χ4n) is 5.05. The molecular weight excluding hydrogens is 464 g/mol. The van der Waals surface area contributed by atoms with Crippen LogP contribution in [0.15, 0.2) is 114 Å². The summed E-state index contributed by atoms with van der Waals surface area (Å²) in [5, 5.41) is 3.43. The minimum absolute atomic E-state index is 0.181. The number of rotatable bonds is 9. The van der Waals surface area contributed by atoms with E-state index in [0.717, 1.165) is 42.5 Å². The Labute approximate surface area is 214 Å². The molecule has 0 saturated heterocycles. The lowest BCUT2D eigenvalue weighted by Crippen LogP contribution is -2.36. The van der Waals surface area contributed by atoms with Crippen LogP contribution in [0.1, 0.15) is 46.7 Å². The smallest absolute Gasteiger partial charge is 0.243 e. The molecule has 1 N–H and O–H groups in total. The highest BCUT2D eigenvalue weighted by molar-refractivity contribution is 7.89. The third-order valence-electron chi connectivity index (χ3n) is 6.87. The van der Waals surface area contributed by atoms with Crippen LogP contribution in [0.5, 0.6) is 0 Å². The topological polar surface area (TPSA) is 49.4 Å². The molecule has 1 atom stereocenters. The zero-order valence-electron chi connectivity index (χ0n) is 20.4. The fraction of sp³-hybridized carbons (Fsp3) is 0.226. The van der Waals surface area contributed by atoms with Crippen molar-refractivity contribution < 1.29 is 8.42 Å². The van der Waals surface area contributed by atoms with Crippen molar-refractivity contribution in [1.82, 2.24) is 9.62 Å². The second kappa shape index (κ2) is 11.2. The van der Waals surface area contributed by atoms with Crippen molar-refractivity contribution in [3.8, 4) is 0 Å². The lowest BCUT2D eigenvalue weighted by molar-refractivity contribution is 0.287. The Bertz CT molecular complexity index is 1390. The van der Waals surface area contributed by atoms with Crippen LogP contribution in [0.3, 0.4) is 0 Å². The molecule has 0 aromatic heterocycles. The molecule has 4 aromatic rings. The number of sulfonamides is 1. The van der Waals surface area contributed by atoms with E-state index in [4.69, 9.17) is 0 Å². The zero-order chi connectivity index (χ0) is 24.8. The molecule has 1 unspecified atom stereocenters. The number of nitrogens with zero attached hydrogens (tertiary/aromatic N) is 1. The Morgan fingerprint density at radius 2 is 1.36 bits per heavy atom. The molecule has 0 radical (unpaired) electrons. The van der Waals surface area contributed by atoms with Crippen LogP contribution < -0.4 is 5.32 Å². The van der Waals surface area contributed by atoms with Crippen LogP contribution in [0.25, 0.3) is 0 Å². The summed E-state index contributed by atoms with van der Waals surface area (Å²) in [5.41, 5.74) is 5.52. The molecule has 4 aromatic carbocycles. The molecule has 1 aliphatic carbocycles. The van der Waals surface area contributed by atoms with E-state index in [0.29, 0.717) is 18.0 Å². The summed E-state index contributed by atoms with van der Waals surface area (Å²) in [6.07, 6.45) is 2.79. The standard InChI is InChI=1S/C31H32N2O2S/c34-36(35,29-18-9-15-27(21-29)23-32-22-25-11-3-1-4-12-25)33(24-26-13-5-2-6-14-26)31-20-10-17-28-16-7-8-19-30(28)31/h1-9,11-16,18-19,21,31-32H,10,17,20,22-24H2. The van der Waals surface area contributed by atoms with Crippen LogP contribution in [-0.2, 0) is 36.1 Å². The van der Waals surface area contributed by atoms with Crippen molar-refractivity contribution in [3.05, 3.63) is 137 Å². The lowest BCUT2D eigenvalue weighted by atomic mass is 9.87. The average Bonchev–Trinajstić information content (AvgIpc) is 2.93. The van der Waals surface area contributed by atoms with E-state index in [1.807, 2.05) is 78.9 Å². The lowest BCUT2D eigenvalue weighted by Gasteiger charge is -2.35. The molecule has 5 heteroatoms. The predicted molar refractivity (Wildman–Crippen MR) is 145 cm³/mol. The quantitative estimate of drug-likeness (QED) is 0.298. The van der Waals surface area contributed by atoms with Gasteiger partial charge in [-0.15, -0.1) is 0 Å². The van der Waals surface area contributed by atoms with Crippen LogP contribution in [0.4, 0.5) is 0 Å². The first-order chi connectivity index (χ1) is 17.6. The van der Waals surface area contributed by atoms with E-state index in [2.05, 4.69) is 29.6 Å². The summed E-state index contributed by atoms with van der Waals surface area (Å²) in [5.74, 6) is 0. The number of aryl methyl sites for hydroxylation is 1. The first-order valence-electron chi connectivity index (χ1n) is 12.6. The molecule has 0 heterocycles. The minimum atomic E-state index is -3.74. The monoisotopic (exact) mass is 496 g/mol. The van der Waals surface area contributed by atoms with Gasteiger partial charge in [-0.05, 0) is 59.2 Å². The fourth-order valence-corrected chi connectivity index (χ4v) is 6.75. The Morgan fingerprint density at radius 1 is 0.722 bits per heavy atom. The molecule has 0 fully saturated rings. The van der Waals surface area contributed by atoms with Crippen LogP contribution in [0, 0.1) is 0 Å². The minimum Gasteiger partial charge on any atom is -0.309 e. The molecule has 0 saturated carbocycles. The van der Waals surface area contributed by atoms with E-state index in [-0.39, 0.29) is 6.04 Å². The second-order valence-corrected chi connectivity index (χ2v) is 11.3. The molecule has 36 heavy (non-hydrogen) atoms. The number of nitrogens with one attached hydrogen (secondary N) is 1. The SMILES string of the molecule is O=S(=O)(c1cccc(CNCc2ccccc2)c1)N(Cc1ccccc1)C1CCCc2ccccc21. The highest BCUT2D eigenvalue weighted by Gasteiger charge is 2.35. The molecule has 0 bridgehead atoms. The second-order valence-electron chi connectivity index (χ2n) is 9.38. The van der Waals surface area contributed by atoms with Gasteiger partial charge < -0.3 is 5.32 Å². The van der Waals surface area contributed by atoms with E-state index >= 15 is 0 Å². The van der Waals surface area contributed by atoms with Crippen molar-refractivity contribution in [1.29, 1.82) is 0 Å². The molecular formula is C31H32N2O2S. The van der Waals surface area contributed by atoms with Crippen molar-refractivity contribution in [2.24, 2.45) is 0 Å². The van der Waals surface area contributed by atoms with E-state index < -0.39 is 10.0 Å². The number of hydrogen-bond acceptors (Lipinski definition) is 3. The maximum absolute atomic E-state index is 14.2. The van der Waals surface area contributed by atoms with E-state index in [1.165, 1.54) is 11.1 Å². The maximum atomic E-state index is 14.2. The highest BCUT2D eigenvalue weighted by Crippen LogP contribution is 2.38. The van der Waals surface area contributed by atoms with Gasteiger partial charge in [0.15, 0.2) is 0 Å². The molecule has 184 valence electrons. The summed E-state index contributed by atoms with van der Waals surface area (Å²) in [7, 11) is -3.74. The molecule has 4 nitrogen and oxygen atoms in total. The van der Waals surface area contributed by atoms with Gasteiger partial charge in [0.25, 0.3) is 0 Å². The molecule has 5 rings (SSSR count). The molecule has 1 aliphatic rings. The first kappa shape index (κ1) is 24.4. The number of hydrogen-bond donors (Lipinski definition) is 1. The highest BCUT2D eigenvalue weighted by atomic mass is 32.2. The van der Waals surface area contributed by atoms with Gasteiger partial charge in [0.05, 0.1) is 10.9 Å². The number of fused-ring (bicyclic) bond motifs is 1. The first-order valence-corrected chi connectivity index (χ1v) is 14.0. The summed E-state index contributed by atoms with van der Waals surface area (Å²) >= 11 is 0. The van der Waals surface area contributed by atoms with Gasteiger partial charge in [-0.3, -0.25) is 0 Å². The molecule has 0 aliphatic heterocycles. The molecule has 0 spiro atoms. The Kier molecular flexibility index (Phi) is 7.61. The van der Waals surface area contributed by atoms with Crippen LogP contribution >= 0.6 is 0 Å². The largest absolute Gasteiger partial charge is 0.309 e. The van der Waals surface area contributed by atoms with E-state index in [1.54, 1.807) is 10.4 Å². The summed E-state index contributed by atoms with van der Waals surface area (Å²) < 4.78 is 30.1. The van der Waals surface area contributed by atoms with Gasteiger partial charge in [0.1, 0.15) is 0 Å². The van der Waals surface area contributed by atoms with Gasteiger partial charge in [-0.2, -0.15) is 4.31 Å². The van der Waals surface area contributed by atoms with Gasteiger partial charge >= 0.3 is 0 Å². The van der Waals surface area contributed by atoms with Crippen molar-refractivity contribution in [2.75, 3.05) is 0 Å². The summed E-state index contributed by atoms with van der Waals surface area (Å²) in [4.78, 5) is 0.348. The Hall–Kier alpha value is -3.25. The third kappa shape index (κ3) is 5.59. The normalized spacial score (nSPS) is 15.5. The van der Waals surface area contributed by atoms with Gasteiger partial charge in [-0.1, -0.05) is 97.1 Å². The van der Waals surface area contributed by atoms with E-state index in [9.17, 15) is 8.42 Å². The average molecular weight is 497 g/mol. The van der Waals surface area contributed by atoms with Gasteiger partial charge in [0, 0.05) is 19.6 Å². The Morgan fingerprint density at radius 3 is 2.14 bits per heavy atom. The summed E-state index contributed by atoms with van der Waals surface area (Å²) in [6, 6.07) is 35.6.